The van der Waals surface area contributed by atoms with Gasteiger partial charge in [-0.15, -0.1) is 0 Å². The van der Waals surface area contributed by atoms with Gasteiger partial charge in [0.25, 0.3) is 0 Å². The minimum Gasteiger partial charge on any atom is -0.394 e. The summed E-state index contributed by atoms with van der Waals surface area (Å²) in [6.07, 6.45) is 1.70. The van der Waals surface area contributed by atoms with Crippen molar-refractivity contribution in [1.82, 2.24) is 9.88 Å². The molecule has 1 N–H and O–H groups in total. The van der Waals surface area contributed by atoms with Gasteiger partial charge in [-0.05, 0) is 19.1 Å². The average Bonchev–Trinajstić information content (AvgIpc) is 2.60. The van der Waals surface area contributed by atoms with E-state index in [1.165, 1.54) is 0 Å². The van der Waals surface area contributed by atoms with Crippen LogP contribution in [0.3, 0.4) is 0 Å². The van der Waals surface area contributed by atoms with Gasteiger partial charge in [0.2, 0.25) is 5.91 Å². The van der Waals surface area contributed by atoms with Crippen molar-refractivity contribution in [2.45, 2.75) is 19.4 Å². The smallest absolute Gasteiger partial charge is 0.225 e. The molecular formula is C16H22N4O3. The Bertz CT molecular complexity index is 547. The van der Waals surface area contributed by atoms with Crippen LogP contribution in [0.15, 0.2) is 18.3 Å². The molecule has 0 saturated carbocycles. The fourth-order valence-corrected chi connectivity index (χ4v) is 2.51. The minimum atomic E-state index is -0.187. The highest BCUT2D eigenvalue weighted by Gasteiger charge is 2.23. The second-order valence-corrected chi connectivity index (χ2v) is 5.49. The molecule has 7 nitrogen and oxygen atoms in total. The van der Waals surface area contributed by atoms with Gasteiger partial charge in [0.05, 0.1) is 31.3 Å². The maximum absolute atomic E-state index is 12.2. The fourth-order valence-electron chi connectivity index (χ4n) is 2.51. The zero-order valence-corrected chi connectivity index (χ0v) is 13.3. The van der Waals surface area contributed by atoms with E-state index < -0.39 is 0 Å². The summed E-state index contributed by atoms with van der Waals surface area (Å²) in [4.78, 5) is 20.4. The summed E-state index contributed by atoms with van der Waals surface area (Å²) in [6, 6.07) is 5.63. The maximum Gasteiger partial charge on any atom is 0.225 e. The van der Waals surface area contributed by atoms with Gasteiger partial charge in [-0.1, -0.05) is 0 Å². The standard InChI is InChI=1S/C16H22N4O3/c1-13(23-9-8-21)10-16(22)20-6-4-19(5-7-20)15-3-2-14(11-17)12-18-15/h2-3,12-13,21H,4-10H2,1H3. The molecule has 1 aromatic rings. The lowest BCUT2D eigenvalue weighted by atomic mass is 10.2. The summed E-state index contributed by atoms with van der Waals surface area (Å²) in [5.74, 6) is 0.902. The SMILES string of the molecule is CC(CC(=O)N1CCN(c2ccc(C#N)cn2)CC1)OCCO. The number of aliphatic hydroxyl groups is 1. The number of carbonyl (C=O) groups is 1. The molecule has 1 fully saturated rings. The molecule has 23 heavy (non-hydrogen) atoms. The summed E-state index contributed by atoms with van der Waals surface area (Å²) < 4.78 is 5.32. The van der Waals surface area contributed by atoms with Crippen LogP contribution in [0.1, 0.15) is 18.9 Å². The second kappa shape index (κ2) is 8.46. The second-order valence-electron chi connectivity index (χ2n) is 5.49. The van der Waals surface area contributed by atoms with Crippen molar-refractivity contribution in [2.75, 3.05) is 44.3 Å². The van der Waals surface area contributed by atoms with Gasteiger partial charge in [0, 0.05) is 32.4 Å². The molecule has 2 rings (SSSR count). The molecular weight excluding hydrogens is 296 g/mol. The van der Waals surface area contributed by atoms with E-state index in [1.54, 1.807) is 12.3 Å². The number of piperazine rings is 1. The third-order valence-corrected chi connectivity index (χ3v) is 3.79. The van der Waals surface area contributed by atoms with Gasteiger partial charge < -0.3 is 19.6 Å². The van der Waals surface area contributed by atoms with Crippen LogP contribution in [0.2, 0.25) is 0 Å². The van der Waals surface area contributed by atoms with Crippen LogP contribution in [0.4, 0.5) is 5.82 Å². The number of hydrogen-bond donors (Lipinski definition) is 1. The van der Waals surface area contributed by atoms with Crippen molar-refractivity contribution in [3.05, 3.63) is 23.9 Å². The van der Waals surface area contributed by atoms with Gasteiger partial charge >= 0.3 is 0 Å². The maximum atomic E-state index is 12.2. The number of nitrogens with zero attached hydrogens (tertiary/aromatic N) is 4. The highest BCUT2D eigenvalue weighted by atomic mass is 16.5. The zero-order valence-electron chi connectivity index (χ0n) is 13.3. The number of nitriles is 1. The summed E-state index contributed by atoms with van der Waals surface area (Å²) in [5.41, 5.74) is 0.541. The summed E-state index contributed by atoms with van der Waals surface area (Å²) in [6.45, 7) is 4.79. The van der Waals surface area contributed by atoms with Gasteiger partial charge in [0.1, 0.15) is 11.9 Å². The van der Waals surface area contributed by atoms with E-state index in [9.17, 15) is 4.79 Å². The van der Waals surface area contributed by atoms with Crippen LogP contribution in [-0.4, -0.2) is 66.4 Å². The highest BCUT2D eigenvalue weighted by Crippen LogP contribution is 2.15. The molecule has 1 aliphatic rings. The molecule has 0 bridgehead atoms. The van der Waals surface area contributed by atoms with Gasteiger partial charge in [-0.3, -0.25) is 4.79 Å². The quantitative estimate of drug-likeness (QED) is 0.816. The van der Waals surface area contributed by atoms with Gasteiger partial charge in [-0.25, -0.2) is 4.98 Å². The van der Waals surface area contributed by atoms with Crippen molar-refractivity contribution in [2.24, 2.45) is 0 Å². The number of hydrogen-bond acceptors (Lipinski definition) is 6. The minimum absolute atomic E-state index is 0.0329. The van der Waals surface area contributed by atoms with E-state index in [1.807, 2.05) is 17.9 Å². The van der Waals surface area contributed by atoms with Crippen LogP contribution in [-0.2, 0) is 9.53 Å². The lowest BCUT2D eigenvalue weighted by molar-refractivity contribution is -0.134. The number of carbonyl (C=O) groups excluding carboxylic acids is 1. The molecule has 0 radical (unpaired) electrons. The molecule has 124 valence electrons. The lowest BCUT2D eigenvalue weighted by Gasteiger charge is -2.35. The molecule has 0 spiro atoms. The number of amides is 1. The first-order valence-corrected chi connectivity index (χ1v) is 7.75. The van der Waals surface area contributed by atoms with E-state index in [2.05, 4.69) is 16.0 Å². The predicted molar refractivity (Wildman–Crippen MR) is 84.9 cm³/mol. The topological polar surface area (TPSA) is 89.7 Å². The number of aromatic nitrogens is 1. The summed E-state index contributed by atoms with van der Waals surface area (Å²) >= 11 is 0. The largest absolute Gasteiger partial charge is 0.394 e. The normalized spacial score (nSPS) is 16.0. The molecule has 2 heterocycles. The Labute approximate surface area is 136 Å². The van der Waals surface area contributed by atoms with E-state index in [0.717, 1.165) is 18.9 Å². The Balaban J connectivity index is 1.81. The average molecular weight is 318 g/mol. The first-order chi connectivity index (χ1) is 11.1. The molecule has 1 amide bonds. The van der Waals surface area contributed by atoms with Crippen LogP contribution >= 0.6 is 0 Å². The number of anilines is 1. The van der Waals surface area contributed by atoms with E-state index in [4.69, 9.17) is 15.1 Å². The van der Waals surface area contributed by atoms with Crippen molar-refractivity contribution in [3.8, 4) is 6.07 Å². The first-order valence-electron chi connectivity index (χ1n) is 7.75. The fraction of sp³-hybridized carbons (Fsp3) is 0.562. The van der Waals surface area contributed by atoms with Crippen LogP contribution < -0.4 is 4.90 Å². The molecule has 7 heteroatoms. The number of ether oxygens (including phenoxy) is 1. The predicted octanol–water partition coefficient (Wildman–Crippen LogP) is 0.389. The third-order valence-electron chi connectivity index (χ3n) is 3.79. The third kappa shape index (κ3) is 4.91. The van der Waals surface area contributed by atoms with Crippen molar-refractivity contribution in [1.29, 1.82) is 5.26 Å². The molecule has 1 saturated heterocycles. The van der Waals surface area contributed by atoms with Gasteiger partial charge in [-0.2, -0.15) is 5.26 Å². The van der Waals surface area contributed by atoms with Crippen molar-refractivity contribution in [3.63, 3.8) is 0 Å². The Morgan fingerprint density at radius 2 is 2.17 bits per heavy atom. The first kappa shape index (κ1) is 17.2. The van der Waals surface area contributed by atoms with Crippen LogP contribution in [0.25, 0.3) is 0 Å². The van der Waals surface area contributed by atoms with Crippen molar-refractivity contribution >= 4 is 11.7 Å². The van der Waals surface area contributed by atoms with E-state index >= 15 is 0 Å². The van der Waals surface area contributed by atoms with E-state index in [0.29, 0.717) is 25.1 Å². The van der Waals surface area contributed by atoms with Crippen LogP contribution in [0.5, 0.6) is 0 Å². The number of aliphatic hydroxyl groups excluding tert-OH is 1. The summed E-state index contributed by atoms with van der Waals surface area (Å²) in [5, 5.41) is 17.5. The van der Waals surface area contributed by atoms with Crippen LogP contribution in [0, 0.1) is 11.3 Å². The molecule has 1 aliphatic heterocycles. The zero-order chi connectivity index (χ0) is 16.7. The number of pyridine rings is 1. The number of rotatable bonds is 6. The lowest BCUT2D eigenvalue weighted by Crippen LogP contribution is -2.49. The monoisotopic (exact) mass is 318 g/mol. The highest BCUT2D eigenvalue weighted by molar-refractivity contribution is 5.77. The molecule has 0 aliphatic carbocycles. The van der Waals surface area contributed by atoms with E-state index in [-0.39, 0.29) is 25.2 Å². The molecule has 1 unspecified atom stereocenters. The Morgan fingerprint density at radius 1 is 1.43 bits per heavy atom. The summed E-state index contributed by atoms with van der Waals surface area (Å²) in [7, 11) is 0. The molecule has 1 atom stereocenters. The van der Waals surface area contributed by atoms with Crippen molar-refractivity contribution < 1.29 is 14.6 Å². The van der Waals surface area contributed by atoms with Gasteiger partial charge in [0.15, 0.2) is 0 Å². The Kier molecular flexibility index (Phi) is 6.32. The molecule has 1 aromatic heterocycles. The molecule has 0 aromatic carbocycles. The Morgan fingerprint density at radius 3 is 2.74 bits per heavy atom. The Hall–Kier alpha value is -2.17.